The van der Waals surface area contributed by atoms with Crippen LogP contribution in [0.5, 0.6) is 23.0 Å². The van der Waals surface area contributed by atoms with Gasteiger partial charge >= 0.3 is 0 Å². The van der Waals surface area contributed by atoms with E-state index in [0.717, 1.165) is 0 Å². The van der Waals surface area contributed by atoms with Gasteiger partial charge in [-0.1, -0.05) is 17.7 Å². The lowest BCUT2D eigenvalue weighted by atomic mass is 10.2. The maximum atomic E-state index is 13.0. The molecule has 1 unspecified atom stereocenters. The summed E-state index contributed by atoms with van der Waals surface area (Å²) in [5, 5.41) is 11.0. The molecule has 0 spiro atoms. The number of nitrogens with one attached hydrogen (secondary N) is 1. The smallest absolute Gasteiger partial charge is 0.258 e. The van der Waals surface area contributed by atoms with E-state index >= 15 is 0 Å². The van der Waals surface area contributed by atoms with Crippen LogP contribution in [-0.4, -0.2) is 44.2 Å². The molecule has 0 saturated carbocycles. The zero-order valence-electron chi connectivity index (χ0n) is 20.0. The van der Waals surface area contributed by atoms with E-state index in [-0.39, 0.29) is 10.7 Å². The summed E-state index contributed by atoms with van der Waals surface area (Å²) in [5.74, 6) is 0.441. The summed E-state index contributed by atoms with van der Waals surface area (Å²) in [7, 11) is 0. The lowest BCUT2D eigenvalue weighted by molar-refractivity contribution is -0.126. The van der Waals surface area contributed by atoms with E-state index in [1.807, 2.05) is 27.7 Å². The van der Waals surface area contributed by atoms with Gasteiger partial charge in [0.15, 0.2) is 23.0 Å². The van der Waals surface area contributed by atoms with Gasteiger partial charge in [-0.05, 0) is 46.8 Å². The van der Waals surface area contributed by atoms with E-state index in [1.54, 1.807) is 30.3 Å². The van der Waals surface area contributed by atoms with Crippen molar-refractivity contribution >= 4 is 34.7 Å². The standard InChI is InChI=1S/C24H30ClN3O6/c1-6-31-16-13-17(21(25)20(14-16)34-9-4)26-24(30)22(15(5)29)27-28-23-18(32-7-2)11-10-12-19(23)33-8-3/h10-14,22H,6-9H2,1-5H3,(H,26,30). The number of carbonyl (C=O) groups excluding carboxylic acids is 2. The molecule has 1 atom stereocenters. The normalized spacial score (nSPS) is 11.7. The Bertz CT molecular complexity index is 1000. The molecule has 0 heterocycles. The molecule has 0 aliphatic carbocycles. The van der Waals surface area contributed by atoms with Crippen LogP contribution in [0.3, 0.4) is 0 Å². The van der Waals surface area contributed by atoms with Crippen molar-refractivity contribution < 1.29 is 28.5 Å². The molecule has 0 bridgehead atoms. The number of benzene rings is 2. The molecule has 1 N–H and O–H groups in total. The van der Waals surface area contributed by atoms with Gasteiger partial charge in [0.05, 0.1) is 32.1 Å². The Morgan fingerprint density at radius 3 is 2.00 bits per heavy atom. The number of anilines is 1. The van der Waals surface area contributed by atoms with Gasteiger partial charge in [0.2, 0.25) is 6.04 Å². The third-order valence-corrected chi connectivity index (χ3v) is 4.74. The molecule has 0 aromatic heterocycles. The Morgan fingerprint density at radius 1 is 0.912 bits per heavy atom. The van der Waals surface area contributed by atoms with E-state index < -0.39 is 17.7 Å². The number of rotatable bonds is 13. The number of Topliss-reactive ketones (excluding diaryl/α,β-unsaturated/α-hetero) is 1. The minimum Gasteiger partial charge on any atom is -0.494 e. The second-order valence-corrected chi connectivity index (χ2v) is 7.21. The molecular weight excluding hydrogens is 462 g/mol. The number of azo groups is 1. The molecule has 0 aliphatic heterocycles. The zero-order chi connectivity index (χ0) is 25.1. The van der Waals surface area contributed by atoms with Crippen molar-refractivity contribution in [2.45, 2.75) is 40.7 Å². The van der Waals surface area contributed by atoms with E-state index in [2.05, 4.69) is 15.5 Å². The number of ether oxygens (including phenoxy) is 4. The number of ketones is 1. The topological polar surface area (TPSA) is 108 Å². The van der Waals surface area contributed by atoms with Crippen LogP contribution in [-0.2, 0) is 9.59 Å². The minimum absolute atomic E-state index is 0.179. The summed E-state index contributed by atoms with van der Waals surface area (Å²) < 4.78 is 22.3. The van der Waals surface area contributed by atoms with E-state index in [1.165, 1.54) is 6.92 Å². The molecule has 184 valence electrons. The van der Waals surface area contributed by atoms with Crippen LogP contribution < -0.4 is 24.3 Å². The molecular formula is C24H30ClN3O6. The zero-order valence-corrected chi connectivity index (χ0v) is 20.8. The van der Waals surface area contributed by atoms with Crippen LogP contribution in [0.4, 0.5) is 11.4 Å². The Balaban J connectivity index is 2.38. The lowest BCUT2D eigenvalue weighted by Gasteiger charge is -2.16. The van der Waals surface area contributed by atoms with Crippen LogP contribution in [0.1, 0.15) is 34.6 Å². The Hall–Kier alpha value is -3.33. The van der Waals surface area contributed by atoms with Gasteiger partial charge in [-0.2, -0.15) is 5.11 Å². The molecule has 0 aliphatic rings. The fourth-order valence-corrected chi connectivity index (χ4v) is 3.16. The van der Waals surface area contributed by atoms with Crippen LogP contribution in [0, 0.1) is 0 Å². The average molecular weight is 492 g/mol. The molecule has 0 saturated heterocycles. The van der Waals surface area contributed by atoms with Crippen molar-refractivity contribution in [2.24, 2.45) is 10.2 Å². The van der Waals surface area contributed by atoms with Crippen molar-refractivity contribution in [3.05, 3.63) is 35.4 Å². The quantitative estimate of drug-likeness (QED) is 0.288. The fourth-order valence-electron chi connectivity index (χ4n) is 2.95. The summed E-state index contributed by atoms with van der Waals surface area (Å²) in [4.78, 5) is 25.3. The molecule has 2 rings (SSSR count). The fraction of sp³-hybridized carbons (Fsp3) is 0.417. The first kappa shape index (κ1) is 26.9. The molecule has 9 nitrogen and oxygen atoms in total. The summed E-state index contributed by atoms with van der Waals surface area (Å²) in [6.07, 6.45) is 0. The van der Waals surface area contributed by atoms with Crippen molar-refractivity contribution in [3.63, 3.8) is 0 Å². The van der Waals surface area contributed by atoms with Crippen molar-refractivity contribution in [2.75, 3.05) is 31.7 Å². The molecule has 34 heavy (non-hydrogen) atoms. The van der Waals surface area contributed by atoms with Crippen LogP contribution in [0.25, 0.3) is 0 Å². The second kappa shape index (κ2) is 13.4. The highest BCUT2D eigenvalue weighted by atomic mass is 35.5. The van der Waals surface area contributed by atoms with Gasteiger partial charge in [0, 0.05) is 12.1 Å². The number of carbonyl (C=O) groups is 2. The van der Waals surface area contributed by atoms with Gasteiger partial charge in [-0.25, -0.2) is 0 Å². The maximum Gasteiger partial charge on any atom is 0.258 e. The second-order valence-electron chi connectivity index (χ2n) is 6.84. The largest absolute Gasteiger partial charge is 0.494 e. The molecule has 2 aromatic rings. The first-order valence-electron chi connectivity index (χ1n) is 11.1. The Kier molecular flexibility index (Phi) is 10.6. The van der Waals surface area contributed by atoms with Gasteiger partial charge in [0.25, 0.3) is 5.91 Å². The summed E-state index contributed by atoms with van der Waals surface area (Å²) >= 11 is 6.40. The van der Waals surface area contributed by atoms with Gasteiger partial charge in [-0.15, -0.1) is 5.11 Å². The van der Waals surface area contributed by atoms with Gasteiger partial charge in [0.1, 0.15) is 16.5 Å². The molecule has 2 aromatic carbocycles. The molecule has 0 fully saturated rings. The van der Waals surface area contributed by atoms with E-state index in [9.17, 15) is 9.59 Å². The average Bonchev–Trinajstić information content (AvgIpc) is 2.79. The van der Waals surface area contributed by atoms with E-state index in [4.69, 9.17) is 30.5 Å². The molecule has 0 radical (unpaired) electrons. The van der Waals surface area contributed by atoms with Crippen molar-refractivity contribution in [3.8, 4) is 23.0 Å². The lowest BCUT2D eigenvalue weighted by Crippen LogP contribution is -2.32. The summed E-state index contributed by atoms with van der Waals surface area (Å²) in [6.45, 7) is 10.1. The number of hydrogen-bond acceptors (Lipinski definition) is 8. The highest BCUT2D eigenvalue weighted by Gasteiger charge is 2.25. The van der Waals surface area contributed by atoms with Crippen LogP contribution in [0.15, 0.2) is 40.6 Å². The number of halogens is 1. The van der Waals surface area contributed by atoms with Crippen molar-refractivity contribution in [1.29, 1.82) is 0 Å². The number of hydrogen-bond donors (Lipinski definition) is 1. The molecule has 1 amide bonds. The van der Waals surface area contributed by atoms with Gasteiger partial charge < -0.3 is 24.3 Å². The highest BCUT2D eigenvalue weighted by molar-refractivity contribution is 6.35. The van der Waals surface area contributed by atoms with Crippen LogP contribution in [0.2, 0.25) is 5.02 Å². The highest BCUT2D eigenvalue weighted by Crippen LogP contribution is 2.39. The SMILES string of the molecule is CCOc1cc(NC(=O)C(N=Nc2c(OCC)cccc2OCC)C(C)=O)c(Cl)c(OCC)c1. The summed E-state index contributed by atoms with van der Waals surface area (Å²) in [6, 6.07) is 6.93. The monoisotopic (exact) mass is 491 g/mol. The first-order valence-corrected chi connectivity index (χ1v) is 11.4. The summed E-state index contributed by atoms with van der Waals surface area (Å²) in [5.41, 5.74) is 0.521. The van der Waals surface area contributed by atoms with Crippen molar-refractivity contribution in [1.82, 2.24) is 0 Å². The number of amides is 1. The van der Waals surface area contributed by atoms with Gasteiger partial charge in [-0.3, -0.25) is 9.59 Å². The number of nitrogens with zero attached hydrogens (tertiary/aromatic N) is 2. The minimum atomic E-state index is -1.42. The Labute approximate surface area is 204 Å². The maximum absolute atomic E-state index is 13.0. The van der Waals surface area contributed by atoms with E-state index in [0.29, 0.717) is 55.1 Å². The molecule has 10 heteroatoms. The predicted molar refractivity (Wildman–Crippen MR) is 130 cm³/mol. The van der Waals surface area contributed by atoms with Crippen LogP contribution >= 0.6 is 11.6 Å². The first-order chi connectivity index (χ1) is 16.4. The third kappa shape index (κ3) is 7.08. The Morgan fingerprint density at radius 2 is 1.47 bits per heavy atom. The third-order valence-electron chi connectivity index (χ3n) is 4.35. The predicted octanol–water partition coefficient (Wildman–Crippen LogP) is 5.61.